The van der Waals surface area contributed by atoms with Crippen LogP contribution in [0.2, 0.25) is 0 Å². The molecule has 6 heteroatoms. The van der Waals surface area contributed by atoms with Crippen LogP contribution in [-0.2, 0) is 0 Å². The van der Waals surface area contributed by atoms with E-state index in [4.69, 9.17) is 0 Å². The topological polar surface area (TPSA) is 30.5 Å². The smallest absolute Gasteiger partial charge is 0.0801 e. The van der Waals surface area contributed by atoms with Crippen LogP contribution in [-0.4, -0.2) is 81.4 Å². The third-order valence-corrected chi connectivity index (χ3v) is 9.57. The molecule has 0 aliphatic carbocycles. The SMILES string of the molecule is CC(C)(C)N1CCCC2(C1)NCCS2.CC(C)(C)N1CCSC12CCCNC2. The van der Waals surface area contributed by atoms with Crippen LogP contribution >= 0.6 is 23.5 Å². The van der Waals surface area contributed by atoms with E-state index in [2.05, 4.69) is 85.5 Å². The van der Waals surface area contributed by atoms with Crippen molar-refractivity contribution in [3.05, 3.63) is 0 Å². The van der Waals surface area contributed by atoms with Crippen molar-refractivity contribution < 1.29 is 0 Å². The summed E-state index contributed by atoms with van der Waals surface area (Å²) in [6.45, 7) is 21.3. The highest BCUT2D eigenvalue weighted by atomic mass is 32.2. The van der Waals surface area contributed by atoms with Crippen LogP contribution in [0.3, 0.4) is 0 Å². The number of nitrogens with zero attached hydrogens (tertiary/aromatic N) is 2. The summed E-state index contributed by atoms with van der Waals surface area (Å²) >= 11 is 4.30. The molecule has 164 valence electrons. The molecule has 4 rings (SSSR count). The van der Waals surface area contributed by atoms with Crippen molar-refractivity contribution in [3.63, 3.8) is 0 Å². The molecule has 4 aliphatic rings. The van der Waals surface area contributed by atoms with Crippen molar-refractivity contribution in [3.8, 4) is 0 Å². The van der Waals surface area contributed by atoms with E-state index < -0.39 is 0 Å². The lowest BCUT2D eigenvalue weighted by Crippen LogP contribution is -2.58. The summed E-state index contributed by atoms with van der Waals surface area (Å²) in [6, 6.07) is 0. The fourth-order valence-electron chi connectivity index (χ4n) is 5.20. The van der Waals surface area contributed by atoms with E-state index in [0.717, 1.165) is 0 Å². The van der Waals surface area contributed by atoms with Crippen LogP contribution in [0.25, 0.3) is 0 Å². The number of nitrogens with one attached hydrogen (secondary N) is 2. The van der Waals surface area contributed by atoms with Gasteiger partial charge in [-0.05, 0) is 80.3 Å². The van der Waals surface area contributed by atoms with Gasteiger partial charge >= 0.3 is 0 Å². The van der Waals surface area contributed by atoms with Crippen molar-refractivity contribution in [2.24, 2.45) is 0 Å². The van der Waals surface area contributed by atoms with Gasteiger partial charge in [0.05, 0.1) is 9.74 Å². The van der Waals surface area contributed by atoms with Crippen molar-refractivity contribution >= 4 is 23.5 Å². The Morgan fingerprint density at radius 1 is 0.821 bits per heavy atom. The molecule has 28 heavy (non-hydrogen) atoms. The lowest BCUT2D eigenvalue weighted by molar-refractivity contribution is 0.0641. The first-order valence-corrected chi connectivity index (χ1v) is 13.3. The third-order valence-electron chi connectivity index (χ3n) is 6.64. The molecule has 2 atom stereocenters. The van der Waals surface area contributed by atoms with Gasteiger partial charge in [-0.25, -0.2) is 0 Å². The van der Waals surface area contributed by atoms with Gasteiger partial charge in [0, 0.05) is 48.8 Å². The van der Waals surface area contributed by atoms with Gasteiger partial charge in [0.2, 0.25) is 0 Å². The first kappa shape index (κ1) is 23.2. The van der Waals surface area contributed by atoms with E-state index in [1.807, 2.05) is 0 Å². The van der Waals surface area contributed by atoms with Gasteiger partial charge in [-0.1, -0.05) is 0 Å². The third kappa shape index (κ3) is 5.42. The van der Waals surface area contributed by atoms with E-state index in [0.29, 0.717) is 20.8 Å². The highest BCUT2D eigenvalue weighted by molar-refractivity contribution is 8.01. The summed E-state index contributed by atoms with van der Waals surface area (Å²) in [6.07, 6.45) is 5.39. The molecule has 0 amide bonds. The maximum absolute atomic E-state index is 3.70. The zero-order valence-electron chi connectivity index (χ0n) is 19.2. The predicted octanol–water partition coefficient (Wildman–Crippen LogP) is 3.83. The molecule has 4 heterocycles. The summed E-state index contributed by atoms with van der Waals surface area (Å²) in [5.74, 6) is 2.59. The molecular formula is C22H44N4S2. The van der Waals surface area contributed by atoms with E-state index in [-0.39, 0.29) is 0 Å². The molecule has 0 aromatic rings. The monoisotopic (exact) mass is 428 g/mol. The van der Waals surface area contributed by atoms with Gasteiger partial charge in [-0.2, -0.15) is 0 Å². The van der Waals surface area contributed by atoms with Crippen LogP contribution in [0, 0.1) is 0 Å². The minimum Gasteiger partial charge on any atom is -0.314 e. The van der Waals surface area contributed by atoms with Crippen molar-refractivity contribution in [1.29, 1.82) is 0 Å². The van der Waals surface area contributed by atoms with Gasteiger partial charge in [0.15, 0.2) is 0 Å². The highest BCUT2D eigenvalue weighted by Gasteiger charge is 2.46. The lowest BCUT2D eigenvalue weighted by atomic mass is 9.97. The molecule has 0 saturated carbocycles. The molecule has 2 spiro atoms. The number of likely N-dealkylation sites (tertiary alicyclic amines) is 1. The molecule has 2 unspecified atom stereocenters. The second-order valence-corrected chi connectivity index (χ2v) is 13.8. The second kappa shape index (κ2) is 8.96. The maximum atomic E-state index is 3.70. The summed E-state index contributed by atoms with van der Waals surface area (Å²) in [5.41, 5.74) is 0.654. The van der Waals surface area contributed by atoms with Crippen molar-refractivity contribution in [1.82, 2.24) is 20.4 Å². The fraction of sp³-hybridized carbons (Fsp3) is 1.00. The van der Waals surface area contributed by atoms with Crippen molar-refractivity contribution in [2.75, 3.05) is 50.8 Å². The molecule has 0 bridgehead atoms. The maximum Gasteiger partial charge on any atom is 0.0801 e. The van der Waals surface area contributed by atoms with Crippen LogP contribution in [0.1, 0.15) is 67.2 Å². The minimum absolute atomic E-state index is 0.322. The second-order valence-electron chi connectivity index (χ2n) is 10.9. The predicted molar refractivity (Wildman–Crippen MR) is 128 cm³/mol. The Kier molecular flexibility index (Phi) is 7.42. The molecule has 0 aromatic heterocycles. The molecule has 4 nitrogen and oxygen atoms in total. The Labute approximate surface area is 182 Å². The van der Waals surface area contributed by atoms with Gasteiger partial charge < -0.3 is 10.6 Å². The molecule has 0 aromatic carbocycles. The Bertz CT molecular complexity index is 500. The zero-order valence-corrected chi connectivity index (χ0v) is 20.8. The van der Waals surface area contributed by atoms with Gasteiger partial charge in [-0.3, -0.25) is 9.80 Å². The summed E-state index contributed by atoms with van der Waals surface area (Å²) in [5, 5.41) is 7.25. The van der Waals surface area contributed by atoms with Gasteiger partial charge in [0.25, 0.3) is 0 Å². The zero-order chi connectivity index (χ0) is 20.5. The first-order valence-electron chi connectivity index (χ1n) is 11.3. The lowest BCUT2D eigenvalue weighted by Gasteiger charge is -2.47. The molecule has 4 aliphatic heterocycles. The first-order chi connectivity index (χ1) is 13.1. The van der Waals surface area contributed by atoms with Crippen LogP contribution in [0.5, 0.6) is 0 Å². The quantitative estimate of drug-likeness (QED) is 0.610. The number of piperidine rings is 2. The molecule has 0 radical (unpaired) electrons. The Balaban J connectivity index is 0.000000161. The standard InChI is InChI=1S/2C11H22N2S/c1-10(2,3)13-7-4-5-11(9-13)12-6-8-14-11;1-10(2,3)13-7-8-14-11(13)5-4-6-12-9-11/h2*12H,4-9H2,1-3H3. The molecule has 2 N–H and O–H groups in total. The van der Waals surface area contributed by atoms with Gasteiger partial charge in [-0.15, -0.1) is 23.5 Å². The average Bonchev–Trinajstić information content (AvgIpc) is 3.23. The number of rotatable bonds is 0. The summed E-state index contributed by atoms with van der Waals surface area (Å²) in [7, 11) is 0. The fourth-order valence-corrected chi connectivity index (χ4v) is 8.21. The Morgan fingerprint density at radius 2 is 1.61 bits per heavy atom. The van der Waals surface area contributed by atoms with Crippen LogP contribution < -0.4 is 10.6 Å². The Hall–Kier alpha value is 0.540. The normalized spacial score (nSPS) is 35.4. The van der Waals surface area contributed by atoms with E-state index in [9.17, 15) is 0 Å². The van der Waals surface area contributed by atoms with E-state index in [1.165, 1.54) is 76.5 Å². The summed E-state index contributed by atoms with van der Waals surface area (Å²) in [4.78, 5) is 6.14. The number of hydrogen-bond donors (Lipinski definition) is 2. The number of thioether (sulfide) groups is 2. The largest absolute Gasteiger partial charge is 0.314 e. The number of hydrogen-bond acceptors (Lipinski definition) is 6. The van der Waals surface area contributed by atoms with Crippen LogP contribution in [0.15, 0.2) is 0 Å². The molecule has 4 fully saturated rings. The van der Waals surface area contributed by atoms with Gasteiger partial charge in [0.1, 0.15) is 0 Å². The van der Waals surface area contributed by atoms with Crippen LogP contribution in [0.4, 0.5) is 0 Å². The summed E-state index contributed by atoms with van der Waals surface area (Å²) < 4.78 is 0. The average molecular weight is 429 g/mol. The highest BCUT2D eigenvalue weighted by Crippen LogP contribution is 2.44. The van der Waals surface area contributed by atoms with Crippen molar-refractivity contribution in [2.45, 2.75) is 88.0 Å². The Morgan fingerprint density at radius 3 is 2.18 bits per heavy atom. The minimum atomic E-state index is 0.322. The van der Waals surface area contributed by atoms with E-state index in [1.54, 1.807) is 0 Å². The van der Waals surface area contributed by atoms with E-state index >= 15 is 0 Å². The molecular weight excluding hydrogens is 384 g/mol. The molecule has 4 saturated heterocycles.